The van der Waals surface area contributed by atoms with Crippen molar-refractivity contribution in [3.05, 3.63) is 53.3 Å². The number of halogens is 1. The SMILES string of the molecule is O=C(CCn1cccn1)NCC1(c2ccccc2Cl)CC1. The van der Waals surface area contributed by atoms with E-state index in [1.54, 1.807) is 10.9 Å². The number of aromatic nitrogens is 2. The highest BCUT2D eigenvalue weighted by atomic mass is 35.5. The smallest absolute Gasteiger partial charge is 0.221 e. The highest BCUT2D eigenvalue weighted by Crippen LogP contribution is 2.49. The van der Waals surface area contributed by atoms with Crippen molar-refractivity contribution in [1.29, 1.82) is 0 Å². The van der Waals surface area contributed by atoms with Gasteiger partial charge in [-0.05, 0) is 30.5 Å². The fraction of sp³-hybridized carbons (Fsp3) is 0.375. The number of aryl methyl sites for hydroxylation is 1. The van der Waals surface area contributed by atoms with Gasteiger partial charge in [-0.2, -0.15) is 5.10 Å². The zero-order valence-corrected chi connectivity index (χ0v) is 12.5. The molecule has 0 radical (unpaired) electrons. The summed E-state index contributed by atoms with van der Waals surface area (Å²) in [7, 11) is 0. The monoisotopic (exact) mass is 303 g/mol. The highest BCUT2D eigenvalue weighted by molar-refractivity contribution is 6.31. The van der Waals surface area contributed by atoms with Crippen LogP contribution in [0.1, 0.15) is 24.8 Å². The lowest BCUT2D eigenvalue weighted by molar-refractivity contribution is -0.121. The highest BCUT2D eigenvalue weighted by Gasteiger charge is 2.45. The molecule has 1 aromatic heterocycles. The number of carbonyl (C=O) groups excluding carboxylic acids is 1. The average Bonchev–Trinajstić information content (AvgIpc) is 3.09. The zero-order valence-electron chi connectivity index (χ0n) is 11.8. The molecule has 5 heteroatoms. The predicted octanol–water partition coefficient (Wildman–Crippen LogP) is 2.77. The van der Waals surface area contributed by atoms with Crippen LogP contribution in [0.2, 0.25) is 5.02 Å². The van der Waals surface area contributed by atoms with Crippen LogP contribution in [0.5, 0.6) is 0 Å². The van der Waals surface area contributed by atoms with E-state index in [1.807, 2.05) is 30.5 Å². The number of benzene rings is 1. The summed E-state index contributed by atoms with van der Waals surface area (Å²) in [6, 6.07) is 9.77. The number of hydrogen-bond donors (Lipinski definition) is 1. The van der Waals surface area contributed by atoms with Gasteiger partial charge in [-0.3, -0.25) is 9.48 Å². The Balaban J connectivity index is 1.53. The van der Waals surface area contributed by atoms with Gasteiger partial charge >= 0.3 is 0 Å². The minimum absolute atomic E-state index is 0.0414. The number of amides is 1. The van der Waals surface area contributed by atoms with Gasteiger partial charge in [0.25, 0.3) is 0 Å². The topological polar surface area (TPSA) is 46.9 Å². The van der Waals surface area contributed by atoms with Crippen molar-refractivity contribution in [2.75, 3.05) is 6.54 Å². The standard InChI is InChI=1S/C16H18ClN3O/c17-14-5-2-1-4-13(14)16(7-8-16)12-18-15(21)6-11-20-10-3-9-19-20/h1-5,9-10H,6-8,11-12H2,(H,18,21). The Kier molecular flexibility index (Phi) is 3.97. The maximum Gasteiger partial charge on any atom is 0.221 e. The van der Waals surface area contributed by atoms with Gasteiger partial charge in [-0.1, -0.05) is 29.8 Å². The van der Waals surface area contributed by atoms with Gasteiger partial charge < -0.3 is 5.32 Å². The summed E-state index contributed by atoms with van der Waals surface area (Å²) >= 11 is 6.27. The summed E-state index contributed by atoms with van der Waals surface area (Å²) in [4.78, 5) is 11.9. The normalized spacial score (nSPS) is 15.7. The van der Waals surface area contributed by atoms with Crippen molar-refractivity contribution < 1.29 is 4.79 Å². The Morgan fingerprint density at radius 1 is 1.33 bits per heavy atom. The zero-order chi connectivity index (χ0) is 14.7. The molecule has 1 fully saturated rings. The number of carbonyl (C=O) groups is 1. The molecule has 1 N–H and O–H groups in total. The molecule has 0 saturated heterocycles. The minimum atomic E-state index is 0.0414. The first kappa shape index (κ1) is 14.1. The van der Waals surface area contributed by atoms with Crippen LogP contribution >= 0.6 is 11.6 Å². The number of nitrogens with zero attached hydrogens (tertiary/aromatic N) is 2. The molecule has 0 bridgehead atoms. The maximum absolute atomic E-state index is 11.9. The molecule has 1 aliphatic rings. The minimum Gasteiger partial charge on any atom is -0.355 e. The van der Waals surface area contributed by atoms with Crippen LogP contribution in [-0.2, 0) is 16.8 Å². The van der Waals surface area contributed by atoms with Crippen LogP contribution in [-0.4, -0.2) is 22.2 Å². The second kappa shape index (κ2) is 5.90. The first-order chi connectivity index (χ1) is 10.2. The van der Waals surface area contributed by atoms with Crippen molar-refractivity contribution in [2.45, 2.75) is 31.2 Å². The van der Waals surface area contributed by atoms with Crippen molar-refractivity contribution in [3.8, 4) is 0 Å². The van der Waals surface area contributed by atoms with E-state index in [9.17, 15) is 4.79 Å². The summed E-state index contributed by atoms with van der Waals surface area (Å²) in [6.45, 7) is 1.27. The summed E-state index contributed by atoms with van der Waals surface area (Å²) < 4.78 is 1.76. The molecule has 21 heavy (non-hydrogen) atoms. The predicted molar refractivity (Wildman–Crippen MR) is 82.2 cm³/mol. The summed E-state index contributed by atoms with van der Waals surface area (Å²) in [5.74, 6) is 0.0591. The van der Waals surface area contributed by atoms with Crippen molar-refractivity contribution in [2.24, 2.45) is 0 Å². The first-order valence-corrected chi connectivity index (χ1v) is 7.57. The van der Waals surface area contributed by atoms with E-state index in [1.165, 1.54) is 0 Å². The summed E-state index contributed by atoms with van der Waals surface area (Å²) in [5, 5.41) is 7.92. The quantitative estimate of drug-likeness (QED) is 0.892. The number of rotatable bonds is 6. The van der Waals surface area contributed by atoms with E-state index >= 15 is 0 Å². The van der Waals surface area contributed by atoms with E-state index in [-0.39, 0.29) is 11.3 Å². The van der Waals surface area contributed by atoms with Gasteiger partial charge in [-0.15, -0.1) is 0 Å². The van der Waals surface area contributed by atoms with Gasteiger partial charge in [0.2, 0.25) is 5.91 Å². The van der Waals surface area contributed by atoms with Gasteiger partial charge in [0.05, 0.1) is 0 Å². The lowest BCUT2D eigenvalue weighted by atomic mass is 9.96. The molecular weight excluding hydrogens is 286 g/mol. The third-order valence-corrected chi connectivity index (χ3v) is 4.38. The lowest BCUT2D eigenvalue weighted by Crippen LogP contribution is -2.32. The molecule has 1 amide bonds. The third-order valence-electron chi connectivity index (χ3n) is 4.05. The molecule has 2 aromatic rings. The van der Waals surface area contributed by atoms with Crippen LogP contribution in [0.3, 0.4) is 0 Å². The van der Waals surface area contributed by atoms with E-state index in [0.717, 1.165) is 23.4 Å². The third kappa shape index (κ3) is 3.27. The van der Waals surface area contributed by atoms with Crippen LogP contribution in [0, 0.1) is 0 Å². The van der Waals surface area contributed by atoms with Gasteiger partial charge in [0.15, 0.2) is 0 Å². The van der Waals surface area contributed by atoms with E-state index in [4.69, 9.17) is 11.6 Å². The van der Waals surface area contributed by atoms with E-state index in [0.29, 0.717) is 19.5 Å². The Bertz CT molecular complexity index is 620. The Morgan fingerprint density at radius 3 is 2.81 bits per heavy atom. The van der Waals surface area contributed by atoms with Gasteiger partial charge in [-0.25, -0.2) is 0 Å². The first-order valence-electron chi connectivity index (χ1n) is 7.19. The second-order valence-corrected chi connectivity index (χ2v) is 5.96. The largest absolute Gasteiger partial charge is 0.355 e. The van der Waals surface area contributed by atoms with Crippen molar-refractivity contribution in [3.63, 3.8) is 0 Å². The molecule has 1 aromatic carbocycles. The summed E-state index contributed by atoms with van der Waals surface area (Å²) in [5.41, 5.74) is 1.19. The molecule has 4 nitrogen and oxygen atoms in total. The van der Waals surface area contributed by atoms with E-state index < -0.39 is 0 Å². The van der Waals surface area contributed by atoms with Gasteiger partial charge in [0, 0.05) is 42.3 Å². The molecule has 3 rings (SSSR count). The second-order valence-electron chi connectivity index (χ2n) is 5.56. The fourth-order valence-corrected chi connectivity index (χ4v) is 2.92. The van der Waals surface area contributed by atoms with Crippen LogP contribution in [0.25, 0.3) is 0 Å². The average molecular weight is 304 g/mol. The van der Waals surface area contributed by atoms with Crippen LogP contribution < -0.4 is 5.32 Å². The summed E-state index contributed by atoms with van der Waals surface area (Å²) in [6.07, 6.45) is 6.18. The van der Waals surface area contributed by atoms with E-state index in [2.05, 4.69) is 16.5 Å². The number of hydrogen-bond acceptors (Lipinski definition) is 2. The van der Waals surface area contributed by atoms with Crippen molar-refractivity contribution >= 4 is 17.5 Å². The van der Waals surface area contributed by atoms with Crippen LogP contribution in [0.4, 0.5) is 0 Å². The molecule has 1 saturated carbocycles. The molecule has 1 aliphatic carbocycles. The Morgan fingerprint density at radius 2 is 2.14 bits per heavy atom. The molecular formula is C16H18ClN3O. The van der Waals surface area contributed by atoms with Crippen LogP contribution in [0.15, 0.2) is 42.7 Å². The molecule has 0 aliphatic heterocycles. The maximum atomic E-state index is 11.9. The van der Waals surface area contributed by atoms with Crippen molar-refractivity contribution in [1.82, 2.24) is 15.1 Å². The fourth-order valence-electron chi connectivity index (χ4n) is 2.59. The number of nitrogens with one attached hydrogen (secondary N) is 1. The van der Waals surface area contributed by atoms with Gasteiger partial charge in [0.1, 0.15) is 0 Å². The molecule has 0 unspecified atom stereocenters. The Hall–Kier alpha value is -1.81. The molecule has 0 atom stereocenters. The molecule has 0 spiro atoms. The lowest BCUT2D eigenvalue weighted by Gasteiger charge is -2.18. The molecule has 1 heterocycles. The Labute approximate surface area is 129 Å². The molecule has 110 valence electrons.